The first-order chi connectivity index (χ1) is 7.20. The summed E-state index contributed by atoms with van der Waals surface area (Å²) in [5.74, 6) is 0.533. The van der Waals surface area contributed by atoms with Gasteiger partial charge in [0.25, 0.3) is 0 Å². The van der Waals surface area contributed by atoms with Crippen molar-refractivity contribution in [1.29, 1.82) is 0 Å². The van der Waals surface area contributed by atoms with Crippen molar-refractivity contribution in [2.75, 3.05) is 5.73 Å². The fourth-order valence-corrected chi connectivity index (χ4v) is 1.64. The number of hydrogen-bond donors (Lipinski definition) is 1. The molecule has 2 rings (SSSR count). The Kier molecular flexibility index (Phi) is 2.75. The molecular formula is C10H7Cl2N3. The highest BCUT2D eigenvalue weighted by Gasteiger charge is 2.10. The van der Waals surface area contributed by atoms with Gasteiger partial charge in [0.2, 0.25) is 0 Å². The zero-order valence-corrected chi connectivity index (χ0v) is 9.13. The predicted molar refractivity (Wildman–Crippen MR) is 61.9 cm³/mol. The van der Waals surface area contributed by atoms with Crippen molar-refractivity contribution >= 4 is 28.9 Å². The van der Waals surface area contributed by atoms with Gasteiger partial charge in [0.05, 0.1) is 15.7 Å². The number of aromatic nitrogens is 2. The van der Waals surface area contributed by atoms with Gasteiger partial charge >= 0.3 is 0 Å². The number of halogens is 2. The molecule has 0 amide bonds. The number of nitrogen functional groups attached to an aromatic ring is 1. The quantitative estimate of drug-likeness (QED) is 0.779. The Hall–Kier alpha value is -1.32. The Morgan fingerprint density at radius 3 is 2.40 bits per heavy atom. The van der Waals surface area contributed by atoms with Crippen LogP contribution in [-0.4, -0.2) is 9.97 Å². The van der Waals surface area contributed by atoms with Crippen molar-refractivity contribution in [3.05, 3.63) is 40.6 Å². The van der Waals surface area contributed by atoms with Crippen LogP contribution in [0.15, 0.2) is 30.6 Å². The maximum absolute atomic E-state index is 6.04. The minimum absolute atomic E-state index is 0.350. The Morgan fingerprint density at radius 1 is 1.07 bits per heavy atom. The molecule has 0 bridgehead atoms. The topological polar surface area (TPSA) is 51.8 Å². The van der Waals surface area contributed by atoms with Gasteiger partial charge in [0.15, 0.2) is 5.82 Å². The molecule has 0 spiro atoms. The summed E-state index contributed by atoms with van der Waals surface area (Å²) in [5.41, 5.74) is 6.73. The molecule has 1 aromatic heterocycles. The molecule has 0 saturated heterocycles. The van der Waals surface area contributed by atoms with Gasteiger partial charge in [-0.3, -0.25) is 0 Å². The second-order valence-electron chi connectivity index (χ2n) is 2.90. The summed E-state index contributed by atoms with van der Waals surface area (Å²) < 4.78 is 0. The van der Waals surface area contributed by atoms with Crippen LogP contribution < -0.4 is 5.73 Å². The summed E-state index contributed by atoms with van der Waals surface area (Å²) >= 11 is 11.9. The molecule has 15 heavy (non-hydrogen) atoms. The van der Waals surface area contributed by atoms with E-state index >= 15 is 0 Å². The van der Waals surface area contributed by atoms with Crippen molar-refractivity contribution in [2.45, 2.75) is 0 Å². The van der Waals surface area contributed by atoms with Crippen molar-refractivity contribution in [3.63, 3.8) is 0 Å². The molecule has 76 valence electrons. The van der Waals surface area contributed by atoms with E-state index in [1.807, 2.05) is 0 Å². The first-order valence-corrected chi connectivity index (χ1v) is 4.96. The lowest BCUT2D eigenvalue weighted by Crippen LogP contribution is -1.93. The fourth-order valence-electron chi connectivity index (χ4n) is 1.18. The molecule has 0 aliphatic rings. The van der Waals surface area contributed by atoms with E-state index in [9.17, 15) is 0 Å². The Morgan fingerprint density at radius 2 is 1.73 bits per heavy atom. The van der Waals surface area contributed by atoms with E-state index in [-0.39, 0.29) is 0 Å². The molecule has 2 N–H and O–H groups in total. The summed E-state index contributed by atoms with van der Waals surface area (Å²) in [6.45, 7) is 0. The normalized spacial score (nSPS) is 10.3. The van der Waals surface area contributed by atoms with Crippen LogP contribution in [0.1, 0.15) is 0 Å². The third-order valence-corrected chi connectivity index (χ3v) is 2.67. The smallest absolute Gasteiger partial charge is 0.160 e. The average Bonchev–Trinajstić information content (AvgIpc) is 2.27. The number of nitrogens with zero attached hydrogens (tertiary/aromatic N) is 2. The van der Waals surface area contributed by atoms with Gasteiger partial charge in [-0.2, -0.15) is 0 Å². The third-order valence-electron chi connectivity index (χ3n) is 1.93. The van der Waals surface area contributed by atoms with Gasteiger partial charge in [0, 0.05) is 18.0 Å². The van der Waals surface area contributed by atoms with Crippen LogP contribution in [0.5, 0.6) is 0 Å². The SMILES string of the molecule is Nc1c(Cl)ccc(-c2ncccn2)c1Cl. The fraction of sp³-hybridized carbons (Fsp3) is 0. The minimum atomic E-state index is 0.350. The molecule has 0 saturated carbocycles. The summed E-state index contributed by atoms with van der Waals surface area (Å²) in [6, 6.07) is 5.15. The van der Waals surface area contributed by atoms with Gasteiger partial charge < -0.3 is 5.73 Å². The van der Waals surface area contributed by atoms with E-state index < -0.39 is 0 Å². The first kappa shape index (κ1) is 10.2. The number of nitrogens with two attached hydrogens (primary N) is 1. The Balaban J connectivity index is 2.60. The lowest BCUT2D eigenvalue weighted by Gasteiger charge is -2.06. The molecule has 0 unspecified atom stereocenters. The highest BCUT2D eigenvalue weighted by Crippen LogP contribution is 2.34. The van der Waals surface area contributed by atoms with Gasteiger partial charge in [-0.1, -0.05) is 23.2 Å². The number of anilines is 1. The standard InChI is InChI=1S/C10H7Cl2N3/c11-7-3-2-6(8(12)9(7)13)10-14-4-1-5-15-10/h1-5H,13H2. The van der Waals surface area contributed by atoms with Gasteiger partial charge in [-0.05, 0) is 18.2 Å². The second kappa shape index (κ2) is 4.04. The number of rotatable bonds is 1. The number of benzene rings is 1. The zero-order chi connectivity index (χ0) is 10.8. The molecule has 0 aliphatic heterocycles. The molecule has 2 aromatic rings. The highest BCUT2D eigenvalue weighted by molar-refractivity contribution is 6.40. The van der Waals surface area contributed by atoms with Crippen molar-refractivity contribution < 1.29 is 0 Å². The molecular weight excluding hydrogens is 233 g/mol. The summed E-state index contributed by atoms with van der Waals surface area (Å²) in [7, 11) is 0. The lowest BCUT2D eigenvalue weighted by atomic mass is 10.2. The molecule has 0 aliphatic carbocycles. The van der Waals surface area contributed by atoms with E-state index in [1.54, 1.807) is 30.6 Å². The van der Waals surface area contributed by atoms with Crippen LogP contribution in [0.3, 0.4) is 0 Å². The maximum Gasteiger partial charge on any atom is 0.160 e. The monoisotopic (exact) mass is 239 g/mol. The van der Waals surface area contributed by atoms with Crippen LogP contribution in [0.2, 0.25) is 10.0 Å². The second-order valence-corrected chi connectivity index (χ2v) is 3.68. The van der Waals surface area contributed by atoms with E-state index in [0.29, 0.717) is 27.1 Å². The zero-order valence-electron chi connectivity index (χ0n) is 7.61. The summed E-state index contributed by atoms with van der Waals surface area (Å²) in [6.07, 6.45) is 3.28. The molecule has 3 nitrogen and oxygen atoms in total. The average molecular weight is 240 g/mol. The summed E-state index contributed by atoms with van der Waals surface area (Å²) in [5, 5.41) is 0.813. The minimum Gasteiger partial charge on any atom is -0.396 e. The van der Waals surface area contributed by atoms with Gasteiger partial charge in [-0.15, -0.1) is 0 Å². The van der Waals surface area contributed by atoms with E-state index in [2.05, 4.69) is 9.97 Å². The molecule has 0 radical (unpaired) electrons. The Bertz CT molecular complexity index is 486. The largest absolute Gasteiger partial charge is 0.396 e. The molecule has 1 heterocycles. The maximum atomic E-state index is 6.04. The Labute approximate surface area is 96.9 Å². The van der Waals surface area contributed by atoms with Crippen LogP contribution in [0.4, 0.5) is 5.69 Å². The first-order valence-electron chi connectivity index (χ1n) is 4.21. The van der Waals surface area contributed by atoms with Gasteiger partial charge in [0.1, 0.15) is 0 Å². The predicted octanol–water partition coefficient (Wildman–Crippen LogP) is 3.03. The highest BCUT2D eigenvalue weighted by atomic mass is 35.5. The summed E-state index contributed by atoms with van der Waals surface area (Å²) in [4.78, 5) is 8.17. The van der Waals surface area contributed by atoms with E-state index in [4.69, 9.17) is 28.9 Å². The molecule has 0 atom stereocenters. The third kappa shape index (κ3) is 1.89. The van der Waals surface area contributed by atoms with Crippen molar-refractivity contribution in [2.24, 2.45) is 0 Å². The number of hydrogen-bond acceptors (Lipinski definition) is 3. The van der Waals surface area contributed by atoms with Crippen LogP contribution in [0.25, 0.3) is 11.4 Å². The van der Waals surface area contributed by atoms with Crippen LogP contribution >= 0.6 is 23.2 Å². The van der Waals surface area contributed by atoms with Crippen molar-refractivity contribution in [3.8, 4) is 11.4 Å². The van der Waals surface area contributed by atoms with E-state index in [0.717, 1.165) is 0 Å². The van der Waals surface area contributed by atoms with E-state index in [1.165, 1.54) is 0 Å². The lowest BCUT2D eigenvalue weighted by molar-refractivity contribution is 1.18. The molecule has 0 fully saturated rings. The van der Waals surface area contributed by atoms with Crippen LogP contribution in [0, 0.1) is 0 Å². The molecule has 1 aromatic carbocycles. The van der Waals surface area contributed by atoms with Gasteiger partial charge in [-0.25, -0.2) is 9.97 Å². The molecule has 5 heteroatoms. The van der Waals surface area contributed by atoms with Crippen LogP contribution in [-0.2, 0) is 0 Å². The van der Waals surface area contributed by atoms with Crippen molar-refractivity contribution in [1.82, 2.24) is 9.97 Å².